The number of hydrogen-bond donors (Lipinski definition) is 2. The second-order valence-corrected chi connectivity index (χ2v) is 25.8. The molecule has 5 rings (SSSR count). The highest BCUT2D eigenvalue weighted by atomic mass is 35.5. The molecule has 4 atom stereocenters. The smallest absolute Gasteiger partial charge is 0.261 e. The molecule has 0 radical (unpaired) electrons. The maximum Gasteiger partial charge on any atom is 0.261 e. The van der Waals surface area contributed by atoms with Crippen LogP contribution >= 0.6 is 11.6 Å². The van der Waals surface area contributed by atoms with E-state index >= 15 is 4.39 Å². The largest absolute Gasteiger partial charge is 0.408 e. The van der Waals surface area contributed by atoms with Gasteiger partial charge in [-0.15, -0.1) is 11.6 Å². The first kappa shape index (κ1) is 40.0. The van der Waals surface area contributed by atoms with Crippen molar-refractivity contribution >= 4 is 67.4 Å². The average molecular weight is 770 g/mol. The normalized spacial score (nSPS) is 21.5. The molecule has 14 heteroatoms. The van der Waals surface area contributed by atoms with Crippen LogP contribution in [0, 0.1) is 5.92 Å². The van der Waals surface area contributed by atoms with Gasteiger partial charge in [-0.2, -0.15) is 9.97 Å². The molecule has 1 saturated heterocycles. The fourth-order valence-electron chi connectivity index (χ4n) is 6.53. The standard InChI is InChI=1S/C38H54ClFN6O4Si2/c1-25(2)33(47)45-35-43-31(41-9)29-32(44-35)46(24-42-29)34-28(40)30(50-51(10,11)36(3,4)5)38(22-39,49-34)23-48-52(37(6,7)8,26-18-14-12-15-19-26)27-20-16-13-17-21-27/h12-21,24-25,28,30,34H,22-23H2,1-11H3,(H2,41,43,44,45,47)/t28-,30+,34-,38-/m1/s1. The summed E-state index contributed by atoms with van der Waals surface area (Å²) in [5.74, 6) is -0.205. The van der Waals surface area contributed by atoms with Crippen LogP contribution in [-0.4, -0.2) is 79.5 Å². The number of nitrogens with zero attached hydrogens (tertiary/aromatic N) is 4. The lowest BCUT2D eigenvalue weighted by Crippen LogP contribution is -2.68. The molecule has 1 fully saturated rings. The predicted molar refractivity (Wildman–Crippen MR) is 212 cm³/mol. The molecule has 2 aromatic heterocycles. The van der Waals surface area contributed by atoms with Crippen molar-refractivity contribution < 1.29 is 22.8 Å². The summed E-state index contributed by atoms with van der Waals surface area (Å²) in [6.45, 7) is 20.7. The summed E-state index contributed by atoms with van der Waals surface area (Å²) >= 11 is 6.98. The van der Waals surface area contributed by atoms with Gasteiger partial charge in [0.25, 0.3) is 8.32 Å². The van der Waals surface area contributed by atoms with Gasteiger partial charge in [-0.3, -0.25) is 14.7 Å². The number of benzene rings is 2. The minimum Gasteiger partial charge on any atom is -0.408 e. The van der Waals surface area contributed by atoms with Crippen molar-refractivity contribution in [1.82, 2.24) is 19.5 Å². The molecule has 2 N–H and O–H groups in total. The summed E-state index contributed by atoms with van der Waals surface area (Å²) in [4.78, 5) is 26.3. The highest BCUT2D eigenvalue weighted by Gasteiger charge is 2.61. The van der Waals surface area contributed by atoms with E-state index in [0.717, 1.165) is 10.4 Å². The summed E-state index contributed by atoms with van der Waals surface area (Å²) in [6, 6.07) is 20.6. The highest BCUT2D eigenvalue weighted by Crippen LogP contribution is 2.48. The van der Waals surface area contributed by atoms with Crippen LogP contribution in [0.1, 0.15) is 61.6 Å². The summed E-state index contributed by atoms with van der Waals surface area (Å²) in [5, 5.41) is 7.37. The molecule has 0 bridgehead atoms. The van der Waals surface area contributed by atoms with Crippen LogP contribution in [0.2, 0.25) is 23.2 Å². The van der Waals surface area contributed by atoms with E-state index in [4.69, 9.17) is 25.2 Å². The van der Waals surface area contributed by atoms with Crippen molar-refractivity contribution in [2.75, 3.05) is 30.2 Å². The van der Waals surface area contributed by atoms with Crippen molar-refractivity contribution in [1.29, 1.82) is 0 Å². The summed E-state index contributed by atoms with van der Waals surface area (Å²) in [5.41, 5.74) is -0.719. The Kier molecular flexibility index (Phi) is 11.5. The minimum atomic E-state index is -3.10. The zero-order valence-corrected chi connectivity index (χ0v) is 35.0. The molecule has 52 heavy (non-hydrogen) atoms. The zero-order chi connectivity index (χ0) is 38.3. The number of rotatable bonds is 12. The number of carbonyl (C=O) groups is 1. The molecule has 0 unspecified atom stereocenters. The summed E-state index contributed by atoms with van der Waals surface area (Å²) in [6.07, 6.45) is -2.51. The number of halogens is 2. The van der Waals surface area contributed by atoms with E-state index in [1.54, 1.807) is 25.5 Å². The topological polar surface area (TPSA) is 112 Å². The second kappa shape index (κ2) is 14.9. The third-order valence-corrected chi connectivity index (χ3v) is 20.4. The molecule has 2 aromatic carbocycles. The fraction of sp³-hybridized carbons (Fsp3) is 0.526. The van der Waals surface area contributed by atoms with Crippen LogP contribution in [0.5, 0.6) is 0 Å². The maximum absolute atomic E-state index is 17.5. The number of nitrogens with one attached hydrogen (secondary N) is 2. The summed E-state index contributed by atoms with van der Waals surface area (Å²) in [7, 11) is -4.01. The maximum atomic E-state index is 17.5. The number of carbonyl (C=O) groups excluding carboxylic acids is 1. The lowest BCUT2D eigenvalue weighted by Gasteiger charge is -2.47. The minimum absolute atomic E-state index is 0.0287. The van der Waals surface area contributed by atoms with Gasteiger partial charge in [0, 0.05) is 13.0 Å². The third-order valence-electron chi connectivity index (χ3n) is 10.5. The van der Waals surface area contributed by atoms with E-state index < -0.39 is 40.7 Å². The first-order valence-corrected chi connectivity index (χ1v) is 23.2. The second-order valence-electron chi connectivity index (χ2n) is 16.5. The Labute approximate surface area is 314 Å². The Hall–Kier alpha value is -3.21. The first-order chi connectivity index (χ1) is 24.3. The molecule has 1 amide bonds. The van der Waals surface area contributed by atoms with E-state index in [1.165, 1.54) is 6.33 Å². The fourth-order valence-corrected chi connectivity index (χ4v) is 12.8. The van der Waals surface area contributed by atoms with Crippen LogP contribution in [0.3, 0.4) is 0 Å². The number of alkyl halides is 2. The molecular weight excluding hydrogens is 715 g/mol. The Balaban J connectivity index is 1.66. The summed E-state index contributed by atoms with van der Waals surface area (Å²) < 4.78 is 40.3. The number of aromatic nitrogens is 4. The van der Waals surface area contributed by atoms with Crippen molar-refractivity contribution in [3.05, 3.63) is 67.0 Å². The molecule has 1 aliphatic heterocycles. The Morgan fingerprint density at radius 3 is 2.06 bits per heavy atom. The third kappa shape index (κ3) is 7.32. The lowest BCUT2D eigenvalue weighted by atomic mass is 9.99. The molecule has 10 nitrogen and oxygen atoms in total. The molecular formula is C38H54ClFN6O4Si2. The van der Waals surface area contributed by atoms with Crippen LogP contribution in [0.4, 0.5) is 16.2 Å². The van der Waals surface area contributed by atoms with Gasteiger partial charge in [0.15, 0.2) is 37.7 Å². The molecule has 3 heterocycles. The quantitative estimate of drug-likeness (QED) is 0.114. The zero-order valence-electron chi connectivity index (χ0n) is 32.3. The Morgan fingerprint density at radius 2 is 1.58 bits per heavy atom. The van der Waals surface area contributed by atoms with Gasteiger partial charge in [0.1, 0.15) is 11.7 Å². The van der Waals surface area contributed by atoms with Gasteiger partial charge < -0.3 is 18.9 Å². The number of fused-ring (bicyclic) bond motifs is 1. The lowest BCUT2D eigenvalue weighted by molar-refractivity contribution is -0.118. The van der Waals surface area contributed by atoms with Gasteiger partial charge in [0.2, 0.25) is 11.9 Å². The van der Waals surface area contributed by atoms with Crippen molar-refractivity contribution in [3.8, 4) is 0 Å². The van der Waals surface area contributed by atoms with Gasteiger partial charge in [0.05, 0.1) is 18.8 Å². The predicted octanol–water partition coefficient (Wildman–Crippen LogP) is 7.27. The van der Waals surface area contributed by atoms with E-state index in [0.29, 0.717) is 11.3 Å². The van der Waals surface area contributed by atoms with E-state index in [1.807, 2.05) is 36.4 Å². The van der Waals surface area contributed by atoms with Gasteiger partial charge in [-0.25, -0.2) is 9.37 Å². The average Bonchev–Trinajstić information content (AvgIpc) is 3.62. The number of imidazole rings is 1. The molecule has 0 saturated carbocycles. The van der Waals surface area contributed by atoms with Crippen molar-refractivity contribution in [2.45, 2.75) is 103 Å². The van der Waals surface area contributed by atoms with Crippen molar-refractivity contribution in [3.63, 3.8) is 0 Å². The van der Waals surface area contributed by atoms with Gasteiger partial charge in [-0.1, -0.05) is 116 Å². The number of ether oxygens (including phenoxy) is 1. The molecule has 4 aromatic rings. The van der Waals surface area contributed by atoms with Crippen LogP contribution in [0.15, 0.2) is 67.0 Å². The van der Waals surface area contributed by atoms with E-state index in [2.05, 4.69) is 104 Å². The SMILES string of the molecule is CNc1nc(NC(=O)C(C)C)nc2c1ncn2[C@@H]1O[C@](CCl)(CO[Si](c2ccccc2)(c2ccccc2)C(C)(C)C)[C@@H](O[Si](C)(C)C(C)(C)C)[C@H]1F. The molecule has 1 aliphatic rings. The number of hydrogen-bond acceptors (Lipinski definition) is 8. The van der Waals surface area contributed by atoms with Crippen molar-refractivity contribution in [2.24, 2.45) is 5.92 Å². The van der Waals surface area contributed by atoms with Crippen LogP contribution in [0.25, 0.3) is 11.2 Å². The van der Waals surface area contributed by atoms with E-state index in [9.17, 15) is 4.79 Å². The van der Waals surface area contributed by atoms with Crippen LogP contribution in [-0.2, 0) is 18.4 Å². The number of anilines is 2. The molecule has 282 valence electrons. The van der Waals surface area contributed by atoms with Gasteiger partial charge >= 0.3 is 0 Å². The Morgan fingerprint density at radius 1 is 1.00 bits per heavy atom. The number of amides is 1. The van der Waals surface area contributed by atoms with Crippen LogP contribution < -0.4 is 21.0 Å². The molecule has 0 spiro atoms. The Bertz CT molecular complexity index is 1810. The molecule has 0 aliphatic carbocycles. The van der Waals surface area contributed by atoms with Gasteiger partial charge in [-0.05, 0) is 33.5 Å². The van der Waals surface area contributed by atoms with E-state index in [-0.39, 0.29) is 46.0 Å². The monoisotopic (exact) mass is 768 g/mol. The highest BCUT2D eigenvalue weighted by molar-refractivity contribution is 6.99. The first-order valence-electron chi connectivity index (χ1n) is 17.9.